The first-order valence-corrected chi connectivity index (χ1v) is 8.92. The van der Waals surface area contributed by atoms with Gasteiger partial charge >= 0.3 is 0 Å². The second kappa shape index (κ2) is 11.6. The number of nitrogens with zero attached hydrogens (tertiary/aromatic N) is 5. The predicted octanol–water partition coefficient (Wildman–Crippen LogP) is -6.57. The van der Waals surface area contributed by atoms with Crippen LogP contribution in [0.2, 0.25) is 0 Å². The van der Waals surface area contributed by atoms with Gasteiger partial charge in [0.2, 0.25) is 0 Å². The minimum absolute atomic E-state index is 0. The Morgan fingerprint density at radius 2 is 1.16 bits per heavy atom. The third kappa shape index (κ3) is 4.92. The molecule has 0 spiro atoms. The molecule has 2 aliphatic carbocycles. The van der Waals surface area contributed by atoms with Crippen molar-refractivity contribution >= 4 is 23.1 Å². The second-order valence-corrected chi connectivity index (χ2v) is 6.46. The number of aliphatic imine (C=N–C) groups is 4. The molecule has 11 heteroatoms. The van der Waals surface area contributed by atoms with Crippen LogP contribution in [-0.2, 0) is 28.0 Å². The Bertz CT molecular complexity index is 1040. The summed E-state index contributed by atoms with van der Waals surface area (Å²) < 4.78 is 10.8. The van der Waals surface area contributed by atoms with Crippen molar-refractivity contribution in [2.24, 2.45) is 20.0 Å². The molecule has 0 amide bonds. The van der Waals surface area contributed by atoms with Crippen LogP contribution in [0.4, 0.5) is 0 Å². The molecular weight excluding hydrogens is 512 g/mol. The Balaban J connectivity index is 0.00000128. The molecule has 1 aromatic heterocycles. The monoisotopic (exact) mass is 527 g/mol. The third-order valence-corrected chi connectivity index (χ3v) is 4.81. The third-order valence-electron chi connectivity index (χ3n) is 4.81. The molecule has 2 aliphatic heterocycles. The Hall–Kier alpha value is -2.16. The summed E-state index contributed by atoms with van der Waals surface area (Å²) in [4.78, 5) is 23.3. The SMILES string of the molecule is COC1=CC=CC2=NC(c3cccc(C4=NC5C(OC)=CC=CC5=N4)n3)=NC12.[Cl-].[Cl-].[Cl-].[V]. The van der Waals surface area contributed by atoms with E-state index in [1.807, 2.05) is 54.7 Å². The van der Waals surface area contributed by atoms with Crippen molar-refractivity contribution in [1.82, 2.24) is 4.98 Å². The Morgan fingerprint density at radius 3 is 1.56 bits per heavy atom. The van der Waals surface area contributed by atoms with Crippen molar-refractivity contribution in [1.29, 1.82) is 0 Å². The van der Waals surface area contributed by atoms with Crippen molar-refractivity contribution in [3.8, 4) is 0 Å². The van der Waals surface area contributed by atoms with E-state index in [4.69, 9.17) is 14.5 Å². The van der Waals surface area contributed by atoms with Gasteiger partial charge in [-0.1, -0.05) is 18.2 Å². The van der Waals surface area contributed by atoms with Gasteiger partial charge in [-0.3, -0.25) is 0 Å². The summed E-state index contributed by atoms with van der Waals surface area (Å²) in [5.41, 5.74) is 3.07. The molecule has 167 valence electrons. The van der Waals surface area contributed by atoms with E-state index in [9.17, 15) is 0 Å². The fourth-order valence-corrected chi connectivity index (χ4v) is 3.43. The van der Waals surface area contributed by atoms with Crippen LogP contribution in [0.3, 0.4) is 0 Å². The van der Waals surface area contributed by atoms with Crippen LogP contribution in [0.1, 0.15) is 11.4 Å². The normalized spacial score (nSPS) is 21.3. The van der Waals surface area contributed by atoms with Gasteiger partial charge < -0.3 is 46.7 Å². The van der Waals surface area contributed by atoms with Crippen molar-refractivity contribution in [2.45, 2.75) is 12.1 Å². The summed E-state index contributed by atoms with van der Waals surface area (Å²) in [5, 5.41) is 0. The van der Waals surface area contributed by atoms with E-state index in [-0.39, 0.29) is 67.9 Å². The number of aromatic nitrogens is 1. The van der Waals surface area contributed by atoms with Crippen molar-refractivity contribution in [3.05, 3.63) is 77.6 Å². The first-order chi connectivity index (χ1) is 13.8. The molecule has 3 heterocycles. The number of allylic oxidation sites excluding steroid dienone is 4. The Kier molecular flexibility index (Phi) is 10.1. The first-order valence-electron chi connectivity index (χ1n) is 8.92. The number of pyridine rings is 1. The maximum atomic E-state index is 5.41. The van der Waals surface area contributed by atoms with Gasteiger partial charge in [0.15, 0.2) is 23.8 Å². The number of fused-ring (bicyclic) bond motifs is 2. The molecule has 2 atom stereocenters. The Labute approximate surface area is 216 Å². The molecule has 32 heavy (non-hydrogen) atoms. The summed E-state index contributed by atoms with van der Waals surface area (Å²) in [5.74, 6) is 2.71. The molecule has 2 unspecified atom stereocenters. The van der Waals surface area contributed by atoms with Gasteiger partial charge in [-0.05, 0) is 36.4 Å². The number of rotatable bonds is 4. The Morgan fingerprint density at radius 1 is 0.719 bits per heavy atom. The van der Waals surface area contributed by atoms with Crippen LogP contribution < -0.4 is 37.2 Å². The molecular formula is C21H17Cl3N5O2V-3. The van der Waals surface area contributed by atoms with E-state index in [0.29, 0.717) is 23.1 Å². The second-order valence-electron chi connectivity index (χ2n) is 6.46. The van der Waals surface area contributed by atoms with E-state index in [1.165, 1.54) is 0 Å². The van der Waals surface area contributed by atoms with Crippen LogP contribution in [0.15, 0.2) is 86.1 Å². The largest absolute Gasteiger partial charge is 1.00 e. The molecule has 1 radical (unpaired) electrons. The van der Waals surface area contributed by atoms with E-state index < -0.39 is 0 Å². The zero-order chi connectivity index (χ0) is 19.1. The van der Waals surface area contributed by atoms with Gasteiger partial charge in [-0.15, -0.1) is 0 Å². The predicted molar refractivity (Wildman–Crippen MR) is 108 cm³/mol. The fraction of sp³-hybridized carbons (Fsp3) is 0.190. The number of halogens is 3. The van der Waals surface area contributed by atoms with Crippen LogP contribution in [0.5, 0.6) is 0 Å². The first kappa shape index (κ1) is 27.9. The molecule has 0 saturated heterocycles. The van der Waals surface area contributed by atoms with E-state index >= 15 is 0 Å². The van der Waals surface area contributed by atoms with Gasteiger partial charge in [0.05, 0.1) is 25.6 Å². The summed E-state index contributed by atoms with van der Waals surface area (Å²) in [6.45, 7) is 0. The molecule has 0 aromatic carbocycles. The van der Waals surface area contributed by atoms with E-state index in [2.05, 4.69) is 20.0 Å². The zero-order valence-electron chi connectivity index (χ0n) is 17.0. The maximum absolute atomic E-state index is 5.41. The molecule has 0 fully saturated rings. The van der Waals surface area contributed by atoms with Gasteiger partial charge in [-0.25, -0.2) is 25.0 Å². The number of hydrogen-bond acceptors (Lipinski definition) is 7. The standard InChI is InChI=1S/C21H17N5O2.3ClH.V/c1-27-16-10-4-6-12-18(16)25-20(23-12)14-8-3-9-15(22-14)21-24-13-7-5-11-17(28-2)19(13)26-21;;;;/h3-11,18-19H,1-2H3;3*1H;/p-3. The van der Waals surface area contributed by atoms with Crippen LogP contribution >= 0.6 is 0 Å². The van der Waals surface area contributed by atoms with Gasteiger partial charge in [0, 0.05) is 18.6 Å². The topological polar surface area (TPSA) is 80.8 Å². The number of ether oxygens (including phenoxy) is 2. The van der Waals surface area contributed by atoms with Gasteiger partial charge in [0.1, 0.15) is 22.9 Å². The molecule has 4 aliphatic rings. The number of hydrogen-bond donors (Lipinski definition) is 0. The average Bonchev–Trinajstić information content (AvgIpc) is 3.37. The summed E-state index contributed by atoms with van der Waals surface area (Å²) in [6, 6.07) is 5.28. The smallest absolute Gasteiger partial charge is 0.175 e. The van der Waals surface area contributed by atoms with Crippen molar-refractivity contribution < 1.29 is 65.3 Å². The summed E-state index contributed by atoms with van der Waals surface area (Å²) >= 11 is 0. The number of methoxy groups -OCH3 is 2. The molecule has 1 aromatic rings. The number of amidine groups is 2. The summed E-state index contributed by atoms with van der Waals surface area (Å²) in [6.07, 6.45) is 11.5. The summed E-state index contributed by atoms with van der Waals surface area (Å²) in [7, 11) is 3.28. The quantitative estimate of drug-likeness (QED) is 0.390. The van der Waals surface area contributed by atoms with Gasteiger partial charge in [-0.2, -0.15) is 0 Å². The molecule has 7 nitrogen and oxygen atoms in total. The maximum Gasteiger partial charge on any atom is 0.175 e. The zero-order valence-corrected chi connectivity index (χ0v) is 20.6. The molecule has 0 bridgehead atoms. The van der Waals surface area contributed by atoms with Crippen LogP contribution in [0.25, 0.3) is 0 Å². The van der Waals surface area contributed by atoms with Crippen LogP contribution in [-0.4, -0.2) is 54.4 Å². The molecule has 5 rings (SSSR count). The van der Waals surface area contributed by atoms with E-state index in [0.717, 1.165) is 22.9 Å². The fourth-order valence-electron chi connectivity index (χ4n) is 3.43. The van der Waals surface area contributed by atoms with Crippen molar-refractivity contribution in [2.75, 3.05) is 14.2 Å². The van der Waals surface area contributed by atoms with Crippen LogP contribution in [0, 0.1) is 0 Å². The van der Waals surface area contributed by atoms with Crippen molar-refractivity contribution in [3.63, 3.8) is 0 Å². The molecule has 0 saturated carbocycles. The minimum Gasteiger partial charge on any atom is -1.00 e. The minimum atomic E-state index is -0.207. The molecule has 0 N–H and O–H groups in total. The average molecular weight is 529 g/mol. The van der Waals surface area contributed by atoms with E-state index in [1.54, 1.807) is 14.2 Å². The van der Waals surface area contributed by atoms with Gasteiger partial charge in [0.25, 0.3) is 0 Å².